The summed E-state index contributed by atoms with van der Waals surface area (Å²) < 4.78 is 6.76. The van der Waals surface area contributed by atoms with Crippen LogP contribution >= 0.6 is 0 Å². The van der Waals surface area contributed by atoms with E-state index in [4.69, 9.17) is 4.74 Å². The van der Waals surface area contributed by atoms with Crippen molar-refractivity contribution in [3.8, 4) is 0 Å². The maximum Gasteiger partial charge on any atom is 0.274 e. The largest absolute Gasteiger partial charge is 0.375 e. The number of morpholine rings is 1. The normalized spacial score (nSPS) is 18.6. The Balaban J connectivity index is 1.92. The first-order valence-electron chi connectivity index (χ1n) is 7.40. The highest BCUT2D eigenvalue weighted by Crippen LogP contribution is 2.15. The summed E-state index contributed by atoms with van der Waals surface area (Å²) in [6.07, 6.45) is 0.254. The number of carbonyl (C=O) groups is 1. The van der Waals surface area contributed by atoms with Crippen molar-refractivity contribution in [2.75, 3.05) is 19.7 Å². The lowest BCUT2D eigenvalue weighted by Gasteiger charge is -2.31. The van der Waals surface area contributed by atoms with Gasteiger partial charge in [-0.25, -0.2) is 4.68 Å². The molecule has 0 saturated carbocycles. The van der Waals surface area contributed by atoms with Crippen LogP contribution in [0.1, 0.15) is 12.6 Å². The van der Waals surface area contributed by atoms with Crippen LogP contribution in [0.25, 0.3) is 10.8 Å². The molecular weight excluding hydrogens is 282 g/mol. The summed E-state index contributed by atoms with van der Waals surface area (Å²) >= 11 is 0. The molecule has 3 rings (SSSR count). The SMILES string of the molecule is C[C@H]1CN(C(=O)Cc2nn(C)c(=O)c3ccccc23)CCO1. The molecule has 6 nitrogen and oxygen atoms in total. The van der Waals surface area contributed by atoms with Crippen LogP contribution in [0.2, 0.25) is 0 Å². The number of hydrogen-bond acceptors (Lipinski definition) is 4. The molecule has 0 radical (unpaired) electrons. The molecule has 2 aromatic rings. The first kappa shape index (κ1) is 14.7. The maximum absolute atomic E-state index is 12.5. The average Bonchev–Trinajstić information content (AvgIpc) is 2.52. The minimum absolute atomic E-state index is 0.0199. The van der Waals surface area contributed by atoms with Crippen molar-refractivity contribution in [1.82, 2.24) is 14.7 Å². The summed E-state index contributed by atoms with van der Waals surface area (Å²) in [4.78, 5) is 26.4. The summed E-state index contributed by atoms with van der Waals surface area (Å²) in [7, 11) is 1.61. The number of aromatic nitrogens is 2. The van der Waals surface area contributed by atoms with Gasteiger partial charge in [-0.2, -0.15) is 5.10 Å². The number of benzene rings is 1. The fraction of sp³-hybridized carbons (Fsp3) is 0.438. The Kier molecular flexibility index (Phi) is 3.94. The molecule has 1 saturated heterocycles. The van der Waals surface area contributed by atoms with Gasteiger partial charge >= 0.3 is 0 Å². The van der Waals surface area contributed by atoms with Crippen LogP contribution in [0.15, 0.2) is 29.1 Å². The van der Waals surface area contributed by atoms with Gasteiger partial charge < -0.3 is 9.64 Å². The van der Waals surface area contributed by atoms with E-state index in [-0.39, 0.29) is 24.0 Å². The summed E-state index contributed by atoms with van der Waals surface area (Å²) in [5, 5.41) is 5.63. The number of hydrogen-bond donors (Lipinski definition) is 0. The molecule has 22 heavy (non-hydrogen) atoms. The monoisotopic (exact) mass is 301 g/mol. The first-order chi connectivity index (χ1) is 10.6. The minimum Gasteiger partial charge on any atom is -0.375 e. The molecule has 2 heterocycles. The van der Waals surface area contributed by atoms with Crippen molar-refractivity contribution < 1.29 is 9.53 Å². The fourth-order valence-corrected chi connectivity index (χ4v) is 2.81. The second-order valence-electron chi connectivity index (χ2n) is 5.62. The second-order valence-corrected chi connectivity index (χ2v) is 5.62. The zero-order valence-electron chi connectivity index (χ0n) is 12.8. The molecule has 6 heteroatoms. The van der Waals surface area contributed by atoms with Crippen LogP contribution in [0.3, 0.4) is 0 Å². The predicted molar refractivity (Wildman–Crippen MR) is 82.7 cm³/mol. The number of amides is 1. The van der Waals surface area contributed by atoms with Gasteiger partial charge in [-0.3, -0.25) is 9.59 Å². The van der Waals surface area contributed by atoms with Gasteiger partial charge in [0.2, 0.25) is 5.91 Å². The minimum atomic E-state index is -0.146. The van der Waals surface area contributed by atoms with Crippen LogP contribution in [0.5, 0.6) is 0 Å². The molecule has 0 spiro atoms. The van der Waals surface area contributed by atoms with E-state index < -0.39 is 0 Å². The molecule has 1 aliphatic heterocycles. The molecule has 1 fully saturated rings. The third kappa shape index (κ3) is 2.74. The van der Waals surface area contributed by atoms with Crippen molar-refractivity contribution in [2.45, 2.75) is 19.4 Å². The van der Waals surface area contributed by atoms with Gasteiger partial charge in [0.25, 0.3) is 5.56 Å². The Morgan fingerprint density at radius 3 is 2.82 bits per heavy atom. The van der Waals surface area contributed by atoms with Crippen LogP contribution in [0.4, 0.5) is 0 Å². The molecule has 1 atom stereocenters. The van der Waals surface area contributed by atoms with Gasteiger partial charge in [0.1, 0.15) is 0 Å². The van der Waals surface area contributed by atoms with E-state index in [0.717, 1.165) is 5.39 Å². The average molecular weight is 301 g/mol. The van der Waals surface area contributed by atoms with Crippen molar-refractivity contribution in [1.29, 1.82) is 0 Å². The summed E-state index contributed by atoms with van der Waals surface area (Å²) in [5.74, 6) is 0.0199. The van der Waals surface area contributed by atoms with E-state index in [9.17, 15) is 9.59 Å². The quantitative estimate of drug-likeness (QED) is 0.820. The fourth-order valence-electron chi connectivity index (χ4n) is 2.81. The summed E-state index contributed by atoms with van der Waals surface area (Å²) in [6.45, 7) is 3.73. The number of ether oxygens (including phenoxy) is 1. The lowest BCUT2D eigenvalue weighted by Crippen LogP contribution is -2.45. The van der Waals surface area contributed by atoms with Gasteiger partial charge in [0.05, 0.1) is 30.2 Å². The Labute approximate surface area is 128 Å². The topological polar surface area (TPSA) is 64.4 Å². The molecule has 0 bridgehead atoms. The first-order valence-corrected chi connectivity index (χ1v) is 7.40. The van der Waals surface area contributed by atoms with E-state index in [0.29, 0.717) is 30.8 Å². The van der Waals surface area contributed by atoms with Gasteiger partial charge in [-0.1, -0.05) is 18.2 Å². The van der Waals surface area contributed by atoms with Crippen LogP contribution in [-0.2, 0) is 23.0 Å². The number of carbonyl (C=O) groups excluding carboxylic acids is 1. The molecule has 1 aliphatic rings. The highest BCUT2D eigenvalue weighted by atomic mass is 16.5. The van der Waals surface area contributed by atoms with Gasteiger partial charge in [-0.05, 0) is 13.0 Å². The van der Waals surface area contributed by atoms with Crippen LogP contribution in [-0.4, -0.2) is 46.4 Å². The molecule has 1 aromatic heterocycles. The Bertz CT molecular complexity index is 769. The Morgan fingerprint density at radius 2 is 2.09 bits per heavy atom. The number of fused-ring (bicyclic) bond motifs is 1. The number of aryl methyl sites for hydroxylation is 1. The number of rotatable bonds is 2. The predicted octanol–water partition coefficient (Wildman–Crippen LogP) is 0.723. The molecule has 0 unspecified atom stereocenters. The summed E-state index contributed by atoms with van der Waals surface area (Å²) in [6, 6.07) is 7.28. The van der Waals surface area contributed by atoms with Crippen LogP contribution < -0.4 is 5.56 Å². The van der Waals surface area contributed by atoms with E-state index in [1.54, 1.807) is 18.0 Å². The second kappa shape index (κ2) is 5.88. The lowest BCUT2D eigenvalue weighted by molar-refractivity contribution is -0.137. The third-order valence-electron chi connectivity index (χ3n) is 3.95. The molecule has 0 N–H and O–H groups in total. The van der Waals surface area contributed by atoms with Gasteiger partial charge in [-0.15, -0.1) is 0 Å². The lowest BCUT2D eigenvalue weighted by atomic mass is 10.1. The number of nitrogens with zero attached hydrogens (tertiary/aromatic N) is 3. The zero-order chi connectivity index (χ0) is 15.7. The van der Waals surface area contributed by atoms with E-state index in [1.807, 2.05) is 25.1 Å². The van der Waals surface area contributed by atoms with E-state index >= 15 is 0 Å². The molecule has 116 valence electrons. The maximum atomic E-state index is 12.5. The zero-order valence-corrected chi connectivity index (χ0v) is 12.8. The standard InChI is InChI=1S/C16H19N3O3/c1-11-10-19(7-8-22-11)15(20)9-14-12-5-3-4-6-13(12)16(21)18(2)17-14/h3-6,11H,7-10H2,1-2H3/t11-/m0/s1. The molecular formula is C16H19N3O3. The molecule has 0 aliphatic carbocycles. The smallest absolute Gasteiger partial charge is 0.274 e. The highest BCUT2D eigenvalue weighted by molar-refractivity contribution is 5.88. The van der Waals surface area contributed by atoms with E-state index in [1.165, 1.54) is 4.68 Å². The van der Waals surface area contributed by atoms with Crippen LogP contribution in [0, 0.1) is 0 Å². The van der Waals surface area contributed by atoms with Gasteiger partial charge in [0.15, 0.2) is 0 Å². The Morgan fingerprint density at radius 1 is 1.36 bits per heavy atom. The third-order valence-corrected chi connectivity index (χ3v) is 3.95. The van der Waals surface area contributed by atoms with Crippen molar-refractivity contribution in [3.05, 3.63) is 40.3 Å². The van der Waals surface area contributed by atoms with Crippen molar-refractivity contribution in [2.24, 2.45) is 7.05 Å². The summed E-state index contributed by atoms with van der Waals surface area (Å²) in [5.41, 5.74) is 0.494. The molecule has 1 aromatic carbocycles. The highest BCUT2D eigenvalue weighted by Gasteiger charge is 2.22. The van der Waals surface area contributed by atoms with Gasteiger partial charge in [0, 0.05) is 25.5 Å². The van der Waals surface area contributed by atoms with Crippen molar-refractivity contribution in [3.63, 3.8) is 0 Å². The molecule has 1 amide bonds. The van der Waals surface area contributed by atoms with Crippen molar-refractivity contribution >= 4 is 16.7 Å². The van der Waals surface area contributed by atoms with E-state index in [2.05, 4.69) is 5.10 Å². The Hall–Kier alpha value is -2.21.